The van der Waals surface area contributed by atoms with Gasteiger partial charge in [0.25, 0.3) is 0 Å². The Morgan fingerprint density at radius 1 is 1.59 bits per heavy atom. The summed E-state index contributed by atoms with van der Waals surface area (Å²) < 4.78 is 5.12. The van der Waals surface area contributed by atoms with Crippen molar-refractivity contribution in [3.05, 3.63) is 23.9 Å². The normalized spacial score (nSPS) is 14.7. The minimum absolute atomic E-state index is 0.0659. The number of ketones is 1. The van der Waals surface area contributed by atoms with Gasteiger partial charge in [-0.15, -0.1) is 0 Å². The van der Waals surface area contributed by atoms with Crippen molar-refractivity contribution in [2.75, 3.05) is 25.2 Å². The first-order chi connectivity index (χ1) is 8.24. The molecule has 4 nitrogen and oxygen atoms in total. The minimum Gasteiger partial charge on any atom is -0.383 e. The van der Waals surface area contributed by atoms with Crippen LogP contribution in [0.5, 0.6) is 0 Å². The Hall–Kier alpha value is -1.42. The van der Waals surface area contributed by atoms with E-state index >= 15 is 0 Å². The fraction of sp³-hybridized carbons (Fsp3) is 0.538. The molecular weight excluding hydrogens is 216 g/mol. The number of hydrogen-bond acceptors (Lipinski definition) is 4. The van der Waals surface area contributed by atoms with E-state index in [4.69, 9.17) is 4.74 Å². The molecule has 4 heteroatoms. The summed E-state index contributed by atoms with van der Waals surface area (Å²) in [6.45, 7) is 3.03. The highest BCUT2D eigenvalue weighted by Gasteiger charge is 2.31. The lowest BCUT2D eigenvalue weighted by molar-refractivity contribution is 0.101. The first kappa shape index (κ1) is 12.0. The van der Waals surface area contributed by atoms with Crippen molar-refractivity contribution in [3.8, 4) is 0 Å². The first-order valence-electron chi connectivity index (χ1n) is 5.95. The largest absolute Gasteiger partial charge is 0.383 e. The van der Waals surface area contributed by atoms with Crippen molar-refractivity contribution in [1.29, 1.82) is 0 Å². The highest BCUT2D eigenvalue weighted by atomic mass is 16.5. The summed E-state index contributed by atoms with van der Waals surface area (Å²) in [4.78, 5) is 18.1. The van der Waals surface area contributed by atoms with Crippen LogP contribution in [0.1, 0.15) is 30.1 Å². The number of carbonyl (C=O) groups is 1. The fourth-order valence-electron chi connectivity index (χ4n) is 1.94. The summed E-state index contributed by atoms with van der Waals surface area (Å²) in [7, 11) is 1.69. The molecule has 92 valence electrons. The second-order valence-electron chi connectivity index (χ2n) is 4.35. The number of nitrogens with zero attached hydrogens (tertiary/aromatic N) is 2. The van der Waals surface area contributed by atoms with Crippen LogP contribution in [0.2, 0.25) is 0 Å². The van der Waals surface area contributed by atoms with Gasteiger partial charge >= 0.3 is 0 Å². The molecule has 0 spiro atoms. The van der Waals surface area contributed by atoms with Gasteiger partial charge < -0.3 is 9.64 Å². The monoisotopic (exact) mass is 234 g/mol. The van der Waals surface area contributed by atoms with Gasteiger partial charge in [-0.25, -0.2) is 4.98 Å². The van der Waals surface area contributed by atoms with E-state index in [9.17, 15) is 4.79 Å². The van der Waals surface area contributed by atoms with Gasteiger partial charge in [-0.2, -0.15) is 0 Å². The maximum atomic E-state index is 11.6. The summed E-state index contributed by atoms with van der Waals surface area (Å²) >= 11 is 0. The lowest BCUT2D eigenvalue weighted by Gasteiger charge is -2.24. The Balaban J connectivity index is 2.25. The third-order valence-electron chi connectivity index (χ3n) is 2.96. The van der Waals surface area contributed by atoms with Gasteiger partial charge in [-0.1, -0.05) is 0 Å². The summed E-state index contributed by atoms with van der Waals surface area (Å²) in [5.41, 5.74) is 0.704. The van der Waals surface area contributed by atoms with Crippen LogP contribution >= 0.6 is 0 Å². The summed E-state index contributed by atoms with van der Waals surface area (Å²) in [5.74, 6) is 0.871. The maximum Gasteiger partial charge on any atom is 0.163 e. The van der Waals surface area contributed by atoms with E-state index < -0.39 is 0 Å². The molecule has 1 aliphatic carbocycles. The summed E-state index contributed by atoms with van der Waals surface area (Å²) in [6.07, 6.45) is 4.10. The Morgan fingerprint density at radius 3 is 2.94 bits per heavy atom. The van der Waals surface area contributed by atoms with Crippen molar-refractivity contribution in [3.63, 3.8) is 0 Å². The number of ether oxygens (including phenoxy) is 1. The minimum atomic E-state index is 0.0659. The second-order valence-corrected chi connectivity index (χ2v) is 4.35. The predicted octanol–water partition coefficient (Wildman–Crippen LogP) is 1.90. The average Bonchev–Trinajstić information content (AvgIpc) is 3.14. The van der Waals surface area contributed by atoms with Crippen LogP contribution in [-0.2, 0) is 4.74 Å². The quantitative estimate of drug-likeness (QED) is 0.705. The van der Waals surface area contributed by atoms with Gasteiger partial charge in [0.05, 0.1) is 12.2 Å². The van der Waals surface area contributed by atoms with Crippen molar-refractivity contribution < 1.29 is 9.53 Å². The molecule has 0 unspecified atom stereocenters. The molecular formula is C13H18N2O2. The van der Waals surface area contributed by atoms with Crippen molar-refractivity contribution in [1.82, 2.24) is 4.98 Å². The van der Waals surface area contributed by atoms with E-state index in [1.54, 1.807) is 20.2 Å². The van der Waals surface area contributed by atoms with Crippen LogP contribution in [0.3, 0.4) is 0 Å². The zero-order valence-electron chi connectivity index (χ0n) is 10.3. The van der Waals surface area contributed by atoms with Crippen LogP contribution in [0.15, 0.2) is 18.3 Å². The second kappa shape index (κ2) is 5.27. The molecule has 1 aliphatic rings. The lowest BCUT2D eigenvalue weighted by Crippen LogP contribution is -2.31. The standard InChI is InChI=1S/C13H18N2O2/c1-10(16)12-4-3-7-14-13(12)15(8-9-17-2)11-5-6-11/h3-4,7,11H,5-6,8-9H2,1-2H3. The Bertz CT molecular complexity index is 402. The number of anilines is 1. The van der Waals surface area contributed by atoms with Gasteiger partial charge in [-0.3, -0.25) is 4.79 Å². The molecule has 0 saturated heterocycles. The van der Waals surface area contributed by atoms with E-state index in [-0.39, 0.29) is 5.78 Å². The average molecular weight is 234 g/mol. The summed E-state index contributed by atoms with van der Waals surface area (Å²) in [6, 6.07) is 4.17. The molecule has 0 bridgehead atoms. The topological polar surface area (TPSA) is 42.4 Å². The van der Waals surface area contributed by atoms with Crippen LogP contribution in [-0.4, -0.2) is 37.1 Å². The molecule has 1 aromatic rings. The molecule has 17 heavy (non-hydrogen) atoms. The molecule has 0 aromatic carbocycles. The molecule has 0 N–H and O–H groups in total. The highest BCUT2D eigenvalue weighted by molar-refractivity contribution is 5.98. The third kappa shape index (κ3) is 2.82. The molecule has 1 saturated carbocycles. The van der Waals surface area contributed by atoms with Gasteiger partial charge in [0.2, 0.25) is 0 Å². The van der Waals surface area contributed by atoms with Crippen LogP contribution in [0.4, 0.5) is 5.82 Å². The number of hydrogen-bond donors (Lipinski definition) is 0. The van der Waals surface area contributed by atoms with E-state index in [1.807, 2.05) is 12.1 Å². The zero-order chi connectivity index (χ0) is 12.3. The van der Waals surface area contributed by atoms with E-state index in [0.29, 0.717) is 18.2 Å². The lowest BCUT2D eigenvalue weighted by atomic mass is 10.1. The number of pyridine rings is 1. The van der Waals surface area contributed by atoms with E-state index in [0.717, 1.165) is 12.4 Å². The van der Waals surface area contributed by atoms with E-state index in [2.05, 4.69) is 9.88 Å². The maximum absolute atomic E-state index is 11.6. The predicted molar refractivity (Wildman–Crippen MR) is 66.5 cm³/mol. The third-order valence-corrected chi connectivity index (χ3v) is 2.96. The van der Waals surface area contributed by atoms with Crippen molar-refractivity contribution in [2.45, 2.75) is 25.8 Å². The molecule has 0 amide bonds. The van der Waals surface area contributed by atoms with Crippen LogP contribution in [0.25, 0.3) is 0 Å². The molecule has 2 rings (SSSR count). The fourth-order valence-corrected chi connectivity index (χ4v) is 1.94. The van der Waals surface area contributed by atoms with Gasteiger partial charge in [0.15, 0.2) is 5.78 Å². The number of aromatic nitrogens is 1. The van der Waals surface area contributed by atoms with Crippen molar-refractivity contribution in [2.24, 2.45) is 0 Å². The zero-order valence-corrected chi connectivity index (χ0v) is 10.3. The Morgan fingerprint density at radius 2 is 2.35 bits per heavy atom. The number of rotatable bonds is 6. The Kier molecular flexibility index (Phi) is 3.74. The molecule has 0 aliphatic heterocycles. The molecule has 1 aromatic heterocycles. The number of Topliss-reactive ketones (excluding diaryl/α,β-unsaturated/α-hetero) is 1. The van der Waals surface area contributed by atoms with Crippen LogP contribution < -0.4 is 4.90 Å². The van der Waals surface area contributed by atoms with Gasteiger partial charge in [-0.05, 0) is 31.9 Å². The number of methoxy groups -OCH3 is 1. The molecule has 0 radical (unpaired) electrons. The smallest absolute Gasteiger partial charge is 0.163 e. The molecule has 1 fully saturated rings. The van der Waals surface area contributed by atoms with Crippen LogP contribution in [0, 0.1) is 0 Å². The molecule has 0 atom stereocenters. The molecule has 1 heterocycles. The Labute approximate surface area is 102 Å². The first-order valence-corrected chi connectivity index (χ1v) is 5.95. The van der Waals surface area contributed by atoms with E-state index in [1.165, 1.54) is 12.8 Å². The highest BCUT2D eigenvalue weighted by Crippen LogP contribution is 2.32. The SMILES string of the molecule is COCCN(c1ncccc1C(C)=O)C1CC1. The van der Waals surface area contributed by atoms with Gasteiger partial charge in [0.1, 0.15) is 5.82 Å². The summed E-state index contributed by atoms with van der Waals surface area (Å²) in [5, 5.41) is 0. The van der Waals surface area contributed by atoms with Gasteiger partial charge in [0, 0.05) is 25.9 Å². The number of carbonyl (C=O) groups excluding carboxylic acids is 1. The van der Waals surface area contributed by atoms with Crippen molar-refractivity contribution >= 4 is 11.6 Å².